The summed E-state index contributed by atoms with van der Waals surface area (Å²) in [4.78, 5) is 11.8. The monoisotopic (exact) mass is 175 g/mol. The van der Waals surface area contributed by atoms with Crippen molar-refractivity contribution >= 4 is 6.09 Å². The largest absolute Gasteiger partial charge is 0.465 e. The summed E-state index contributed by atoms with van der Waals surface area (Å²) in [5, 5.41) is 17.5. The van der Waals surface area contributed by atoms with Crippen LogP contribution in [0.1, 0.15) is 6.42 Å². The fourth-order valence-electron chi connectivity index (χ4n) is 1.45. The number of ether oxygens (including phenoxy) is 1. The lowest BCUT2D eigenvalue weighted by Gasteiger charge is -2.18. The molecule has 1 fully saturated rings. The van der Waals surface area contributed by atoms with E-state index in [1.807, 2.05) is 0 Å². The second-order valence-corrected chi connectivity index (χ2v) is 2.86. The van der Waals surface area contributed by atoms with Crippen molar-refractivity contribution in [2.45, 2.75) is 18.6 Å². The summed E-state index contributed by atoms with van der Waals surface area (Å²) in [5.74, 6) is 0. The van der Waals surface area contributed by atoms with Gasteiger partial charge in [0.15, 0.2) is 0 Å². The molecule has 0 bridgehead atoms. The zero-order valence-electron chi connectivity index (χ0n) is 6.93. The van der Waals surface area contributed by atoms with Gasteiger partial charge in [0.2, 0.25) is 0 Å². The van der Waals surface area contributed by atoms with Crippen molar-refractivity contribution < 1.29 is 19.7 Å². The minimum absolute atomic E-state index is 0.0711. The molecular formula is C7H13NO4. The first-order valence-corrected chi connectivity index (χ1v) is 3.82. The van der Waals surface area contributed by atoms with Gasteiger partial charge in [-0.3, -0.25) is 0 Å². The van der Waals surface area contributed by atoms with E-state index < -0.39 is 6.09 Å². The van der Waals surface area contributed by atoms with Crippen LogP contribution in [0.25, 0.3) is 0 Å². The van der Waals surface area contributed by atoms with E-state index >= 15 is 0 Å². The third-order valence-corrected chi connectivity index (χ3v) is 2.17. The number of carbonyl (C=O) groups is 1. The molecule has 1 heterocycles. The van der Waals surface area contributed by atoms with Crippen LogP contribution in [0.3, 0.4) is 0 Å². The molecule has 5 nitrogen and oxygen atoms in total. The third kappa shape index (κ3) is 1.67. The minimum Gasteiger partial charge on any atom is -0.465 e. The Hall–Kier alpha value is -0.810. The number of nitrogens with zero attached hydrogens (tertiary/aromatic N) is 1. The first-order chi connectivity index (χ1) is 5.69. The van der Waals surface area contributed by atoms with Crippen LogP contribution in [0.4, 0.5) is 4.79 Å². The van der Waals surface area contributed by atoms with Gasteiger partial charge in [-0.05, 0) is 6.42 Å². The first-order valence-electron chi connectivity index (χ1n) is 3.82. The summed E-state index contributed by atoms with van der Waals surface area (Å²) in [7, 11) is 1.55. The molecule has 2 unspecified atom stereocenters. The molecule has 0 aromatic carbocycles. The SMILES string of the molecule is COC1CC(CO)N(C(=O)O)C1. The molecule has 0 radical (unpaired) electrons. The summed E-state index contributed by atoms with van der Waals surface area (Å²) in [6.07, 6.45) is -0.480. The fourth-order valence-corrected chi connectivity index (χ4v) is 1.45. The molecule has 0 aliphatic carbocycles. The summed E-state index contributed by atoms with van der Waals surface area (Å²) >= 11 is 0. The van der Waals surface area contributed by atoms with E-state index in [9.17, 15) is 4.79 Å². The Balaban J connectivity index is 2.56. The maximum Gasteiger partial charge on any atom is 0.407 e. The zero-order valence-corrected chi connectivity index (χ0v) is 6.93. The van der Waals surface area contributed by atoms with E-state index in [0.717, 1.165) is 0 Å². The molecule has 1 saturated heterocycles. The van der Waals surface area contributed by atoms with E-state index in [1.165, 1.54) is 4.90 Å². The number of hydrogen-bond donors (Lipinski definition) is 2. The number of carboxylic acid groups (broad SMARTS) is 1. The second-order valence-electron chi connectivity index (χ2n) is 2.86. The Kier molecular flexibility index (Phi) is 2.88. The highest BCUT2D eigenvalue weighted by atomic mass is 16.5. The van der Waals surface area contributed by atoms with E-state index in [-0.39, 0.29) is 18.8 Å². The Morgan fingerprint density at radius 1 is 1.75 bits per heavy atom. The maximum atomic E-state index is 10.6. The molecule has 2 atom stereocenters. The van der Waals surface area contributed by atoms with Crippen LogP contribution in [0.2, 0.25) is 0 Å². The van der Waals surface area contributed by atoms with Gasteiger partial charge in [-0.25, -0.2) is 4.79 Å². The fraction of sp³-hybridized carbons (Fsp3) is 0.857. The molecule has 1 rings (SSSR count). The Morgan fingerprint density at radius 3 is 2.75 bits per heavy atom. The number of aliphatic hydroxyl groups is 1. The lowest BCUT2D eigenvalue weighted by atomic mass is 10.2. The summed E-state index contributed by atoms with van der Waals surface area (Å²) < 4.78 is 5.01. The topological polar surface area (TPSA) is 70.0 Å². The Morgan fingerprint density at radius 2 is 2.42 bits per heavy atom. The van der Waals surface area contributed by atoms with Gasteiger partial charge in [-0.1, -0.05) is 0 Å². The van der Waals surface area contributed by atoms with Crippen molar-refractivity contribution in [3.8, 4) is 0 Å². The predicted molar refractivity (Wildman–Crippen MR) is 41.0 cm³/mol. The van der Waals surface area contributed by atoms with Crippen LogP contribution in [0, 0.1) is 0 Å². The molecular weight excluding hydrogens is 162 g/mol. The molecule has 12 heavy (non-hydrogen) atoms. The van der Waals surface area contributed by atoms with Crippen molar-refractivity contribution in [2.24, 2.45) is 0 Å². The number of methoxy groups -OCH3 is 1. The highest BCUT2D eigenvalue weighted by Crippen LogP contribution is 2.19. The Labute approximate surface area is 70.5 Å². The number of aliphatic hydroxyl groups excluding tert-OH is 1. The van der Waals surface area contributed by atoms with Crippen LogP contribution in [-0.2, 0) is 4.74 Å². The number of amides is 1. The van der Waals surface area contributed by atoms with Gasteiger partial charge in [0, 0.05) is 7.11 Å². The number of likely N-dealkylation sites (tertiary alicyclic amines) is 1. The highest BCUT2D eigenvalue weighted by molar-refractivity contribution is 5.66. The molecule has 1 amide bonds. The van der Waals surface area contributed by atoms with Gasteiger partial charge in [0.05, 0.1) is 25.3 Å². The summed E-state index contributed by atoms with van der Waals surface area (Å²) in [6.45, 7) is 0.225. The third-order valence-electron chi connectivity index (χ3n) is 2.17. The molecule has 0 aromatic rings. The zero-order chi connectivity index (χ0) is 9.14. The summed E-state index contributed by atoms with van der Waals surface area (Å²) in [6, 6.07) is -0.299. The van der Waals surface area contributed by atoms with Crippen molar-refractivity contribution in [1.82, 2.24) is 4.90 Å². The molecule has 0 spiro atoms. The minimum atomic E-state index is -0.992. The first kappa shape index (κ1) is 9.28. The molecule has 70 valence electrons. The van der Waals surface area contributed by atoms with Crippen molar-refractivity contribution in [2.75, 3.05) is 20.3 Å². The Bertz CT molecular complexity index is 173. The molecule has 1 aliphatic heterocycles. The quantitative estimate of drug-likeness (QED) is 0.607. The van der Waals surface area contributed by atoms with Crippen LogP contribution < -0.4 is 0 Å². The summed E-state index contributed by atoms with van der Waals surface area (Å²) in [5.41, 5.74) is 0. The highest BCUT2D eigenvalue weighted by Gasteiger charge is 2.34. The number of hydrogen-bond acceptors (Lipinski definition) is 3. The lowest BCUT2D eigenvalue weighted by Crippen LogP contribution is -2.36. The molecule has 2 N–H and O–H groups in total. The van der Waals surface area contributed by atoms with Gasteiger partial charge in [0.1, 0.15) is 0 Å². The van der Waals surface area contributed by atoms with Crippen LogP contribution in [0.15, 0.2) is 0 Å². The van der Waals surface area contributed by atoms with Crippen LogP contribution in [0.5, 0.6) is 0 Å². The lowest BCUT2D eigenvalue weighted by molar-refractivity contribution is 0.101. The normalized spacial score (nSPS) is 29.3. The maximum absolute atomic E-state index is 10.6. The van der Waals surface area contributed by atoms with Gasteiger partial charge in [-0.15, -0.1) is 0 Å². The van der Waals surface area contributed by atoms with E-state index in [0.29, 0.717) is 13.0 Å². The van der Waals surface area contributed by atoms with E-state index in [2.05, 4.69) is 0 Å². The van der Waals surface area contributed by atoms with E-state index in [4.69, 9.17) is 14.9 Å². The van der Waals surface area contributed by atoms with Crippen molar-refractivity contribution in [1.29, 1.82) is 0 Å². The van der Waals surface area contributed by atoms with Gasteiger partial charge in [0.25, 0.3) is 0 Å². The van der Waals surface area contributed by atoms with E-state index in [1.54, 1.807) is 7.11 Å². The number of rotatable bonds is 2. The van der Waals surface area contributed by atoms with Crippen molar-refractivity contribution in [3.05, 3.63) is 0 Å². The van der Waals surface area contributed by atoms with Gasteiger partial charge >= 0.3 is 6.09 Å². The smallest absolute Gasteiger partial charge is 0.407 e. The van der Waals surface area contributed by atoms with Gasteiger partial charge in [-0.2, -0.15) is 0 Å². The second kappa shape index (κ2) is 3.73. The van der Waals surface area contributed by atoms with Crippen LogP contribution >= 0.6 is 0 Å². The molecule has 0 saturated carbocycles. The van der Waals surface area contributed by atoms with Crippen LogP contribution in [-0.4, -0.2) is 53.6 Å². The average molecular weight is 175 g/mol. The molecule has 0 aromatic heterocycles. The predicted octanol–water partition coefficient (Wildman–Crippen LogP) is -0.254. The standard InChI is InChI=1S/C7H13NO4/c1-12-6-2-5(4-9)8(3-6)7(10)11/h5-6,9H,2-4H2,1H3,(H,10,11). The van der Waals surface area contributed by atoms with Crippen molar-refractivity contribution in [3.63, 3.8) is 0 Å². The van der Waals surface area contributed by atoms with Gasteiger partial charge < -0.3 is 19.8 Å². The molecule has 1 aliphatic rings. The molecule has 5 heteroatoms. The average Bonchev–Trinajstić information content (AvgIpc) is 2.47.